The zero-order valence-electron chi connectivity index (χ0n) is 40.4. The average Bonchev–Trinajstić information content (AvgIpc) is 3.41. The van der Waals surface area contributed by atoms with Crippen molar-refractivity contribution >= 4 is 74.8 Å². The number of ether oxygens (including phenoxy) is 2. The zero-order chi connectivity index (χ0) is 50.8. The highest BCUT2D eigenvalue weighted by molar-refractivity contribution is 14.1. The summed E-state index contributed by atoms with van der Waals surface area (Å²) in [6, 6.07) is 45.8. The van der Waals surface area contributed by atoms with Crippen molar-refractivity contribution in [3.8, 4) is 0 Å². The Morgan fingerprint density at radius 1 is 0.681 bits per heavy atom. The molecule has 14 heteroatoms. The first-order chi connectivity index (χ1) is 35.0. The smallest absolute Gasteiger partial charge is 0.255 e. The lowest BCUT2D eigenvalue weighted by atomic mass is 9.87. The Morgan fingerprint density at radius 3 is 1.93 bits per heavy atom. The third-order valence-electron chi connectivity index (χ3n) is 12.6. The number of fused-ring (bicyclic) bond motifs is 1. The molecule has 3 heterocycles. The van der Waals surface area contributed by atoms with Gasteiger partial charge in [0.05, 0.1) is 37.8 Å². The van der Waals surface area contributed by atoms with Crippen molar-refractivity contribution in [1.82, 2.24) is 14.7 Å². The SMILES string of the molecule is C=C1CN(Cc2ccc(C(=O)Cc3ccccc3N)cc2)C(CC(=O)N2CCOCC2)c2ccccc21.NCc1ccc(C(=O)Nc2ccccc2N)cc1.O=C(/C=C/c1ccccc1I)N1CCOCC1. The van der Waals surface area contributed by atoms with Crippen LogP contribution in [-0.4, -0.2) is 97.4 Å². The minimum Gasteiger partial charge on any atom is -0.398 e. The molecule has 0 saturated carbocycles. The van der Waals surface area contributed by atoms with E-state index < -0.39 is 0 Å². The van der Waals surface area contributed by atoms with Crippen LogP contribution in [0.1, 0.15) is 66.6 Å². The molecule has 1 atom stereocenters. The van der Waals surface area contributed by atoms with E-state index in [1.165, 1.54) is 0 Å². The number of carbonyl (C=O) groups is 4. The Morgan fingerprint density at radius 2 is 1.26 bits per heavy atom. The third-order valence-corrected chi connectivity index (χ3v) is 13.6. The Labute approximate surface area is 435 Å². The lowest BCUT2D eigenvalue weighted by molar-refractivity contribution is -0.136. The Balaban J connectivity index is 0.000000180. The molecule has 13 nitrogen and oxygen atoms in total. The first-order valence-corrected chi connectivity index (χ1v) is 25.1. The van der Waals surface area contributed by atoms with Crippen LogP contribution in [0.2, 0.25) is 0 Å². The number of halogens is 1. The van der Waals surface area contributed by atoms with Gasteiger partial charge in [0.1, 0.15) is 0 Å². The summed E-state index contributed by atoms with van der Waals surface area (Å²) < 4.78 is 11.8. The molecule has 3 aliphatic heterocycles. The molecule has 6 aromatic carbocycles. The second-order valence-corrected chi connectivity index (χ2v) is 18.7. The van der Waals surface area contributed by atoms with Crippen LogP contribution in [-0.2, 0) is 38.6 Å². The summed E-state index contributed by atoms with van der Waals surface area (Å²) in [6.07, 6.45) is 4.21. The van der Waals surface area contributed by atoms with E-state index in [9.17, 15) is 19.2 Å². The molecule has 0 radical (unpaired) electrons. The Bertz CT molecular complexity index is 2840. The number of morpholine rings is 2. The number of nitrogens with zero attached hydrogens (tertiary/aromatic N) is 3. The number of carbonyl (C=O) groups excluding carboxylic acids is 4. The van der Waals surface area contributed by atoms with Gasteiger partial charge in [0, 0.05) is 91.2 Å². The molecule has 0 bridgehead atoms. The van der Waals surface area contributed by atoms with Gasteiger partial charge < -0.3 is 41.8 Å². The maximum Gasteiger partial charge on any atom is 0.255 e. The fourth-order valence-electron chi connectivity index (χ4n) is 8.52. The van der Waals surface area contributed by atoms with Crippen LogP contribution in [0.5, 0.6) is 0 Å². The number of rotatable bonds is 12. The van der Waals surface area contributed by atoms with Gasteiger partial charge in [0.15, 0.2) is 5.78 Å². The largest absolute Gasteiger partial charge is 0.398 e. The van der Waals surface area contributed by atoms with E-state index in [1.807, 2.05) is 125 Å². The van der Waals surface area contributed by atoms with Crippen LogP contribution < -0.4 is 22.5 Å². The summed E-state index contributed by atoms with van der Waals surface area (Å²) in [4.78, 5) is 55.9. The number of amides is 3. The lowest BCUT2D eigenvalue weighted by Gasteiger charge is -2.39. The van der Waals surface area contributed by atoms with E-state index in [-0.39, 0.29) is 36.0 Å². The van der Waals surface area contributed by atoms with Gasteiger partial charge in [0.25, 0.3) is 5.91 Å². The topological polar surface area (TPSA) is 187 Å². The van der Waals surface area contributed by atoms with Crippen LogP contribution in [0.3, 0.4) is 0 Å². The number of ketones is 1. The molecule has 9 rings (SSSR count). The number of anilines is 3. The molecule has 3 amide bonds. The average molecular weight is 1080 g/mol. The number of Topliss-reactive ketones (excluding diaryl/α,β-unsaturated/α-hetero) is 1. The predicted octanol–water partition coefficient (Wildman–Crippen LogP) is 8.66. The molecule has 2 fully saturated rings. The summed E-state index contributed by atoms with van der Waals surface area (Å²) in [7, 11) is 0. The zero-order valence-corrected chi connectivity index (χ0v) is 42.5. The van der Waals surface area contributed by atoms with Crippen molar-refractivity contribution in [2.24, 2.45) is 5.73 Å². The van der Waals surface area contributed by atoms with Crippen molar-refractivity contribution in [2.45, 2.75) is 32.0 Å². The molecule has 1 unspecified atom stereocenters. The standard InChI is InChI=1S/C31H33N3O3.C14H15N3O.C13H14INO2/c1-22-20-34(21-23-10-12-24(13-11-23)30(35)18-25-6-2-5-9-28(25)32)29(27-8-4-3-7-26(22)27)19-31(36)33-14-16-37-17-15-33;15-9-10-5-7-11(8-6-10)14(18)17-13-4-2-1-3-12(13)16;14-12-4-2-1-3-11(12)5-6-13(16)15-7-9-17-10-8-15/h2-13,29H,1,14-21,32H2;1-8H,9,15-16H2,(H,17,18);1-6H,7-10H2/b;;6-5+. The second-order valence-electron chi connectivity index (χ2n) is 17.5. The van der Waals surface area contributed by atoms with Crippen LogP contribution in [0.25, 0.3) is 11.6 Å². The number of nitrogens with two attached hydrogens (primary N) is 3. The van der Waals surface area contributed by atoms with E-state index >= 15 is 0 Å². The molecule has 372 valence electrons. The third kappa shape index (κ3) is 14.8. The van der Waals surface area contributed by atoms with Gasteiger partial charge in [-0.2, -0.15) is 0 Å². The van der Waals surface area contributed by atoms with Crippen molar-refractivity contribution in [2.75, 3.05) is 75.9 Å². The van der Waals surface area contributed by atoms with Crippen molar-refractivity contribution in [3.63, 3.8) is 0 Å². The van der Waals surface area contributed by atoms with E-state index in [0.717, 1.165) is 42.5 Å². The van der Waals surface area contributed by atoms with Crippen LogP contribution in [0.4, 0.5) is 17.1 Å². The van der Waals surface area contributed by atoms with Crippen LogP contribution >= 0.6 is 22.6 Å². The highest BCUT2D eigenvalue weighted by Gasteiger charge is 2.32. The molecule has 0 aromatic heterocycles. The lowest BCUT2D eigenvalue weighted by Crippen LogP contribution is -2.43. The monoisotopic (exact) mass is 1080 g/mol. The van der Waals surface area contributed by atoms with Gasteiger partial charge >= 0.3 is 0 Å². The number of benzene rings is 6. The summed E-state index contributed by atoms with van der Waals surface area (Å²) in [6.45, 7) is 11.3. The van der Waals surface area contributed by atoms with Crippen molar-refractivity contribution in [1.29, 1.82) is 0 Å². The van der Waals surface area contributed by atoms with E-state index in [0.29, 0.717) is 107 Å². The van der Waals surface area contributed by atoms with E-state index in [2.05, 4.69) is 51.5 Å². The number of hydrogen-bond donors (Lipinski definition) is 4. The van der Waals surface area contributed by atoms with Crippen molar-refractivity contribution < 1.29 is 28.7 Å². The normalized spacial score (nSPS) is 15.6. The van der Waals surface area contributed by atoms with Crippen LogP contribution in [0, 0.1) is 3.57 Å². The van der Waals surface area contributed by atoms with Crippen LogP contribution in [0.15, 0.2) is 158 Å². The van der Waals surface area contributed by atoms with E-state index in [4.69, 9.17) is 26.7 Å². The minimum absolute atomic E-state index is 0.0405. The molecule has 0 aliphatic carbocycles. The number of hydrogen-bond acceptors (Lipinski definition) is 10. The van der Waals surface area contributed by atoms with Gasteiger partial charge in [-0.25, -0.2) is 0 Å². The molecule has 7 N–H and O–H groups in total. The van der Waals surface area contributed by atoms with Gasteiger partial charge in [-0.15, -0.1) is 0 Å². The highest BCUT2D eigenvalue weighted by Crippen LogP contribution is 2.38. The minimum atomic E-state index is -0.184. The van der Waals surface area contributed by atoms with Crippen molar-refractivity contribution in [3.05, 3.63) is 206 Å². The predicted molar refractivity (Wildman–Crippen MR) is 295 cm³/mol. The fourth-order valence-corrected chi connectivity index (χ4v) is 9.09. The molecular weight excluding hydrogens is 1020 g/mol. The molecule has 72 heavy (non-hydrogen) atoms. The number of para-hydroxylation sites is 3. The second kappa shape index (κ2) is 26.5. The summed E-state index contributed by atoms with van der Waals surface area (Å²) in [5.74, 6) is 0.0740. The summed E-state index contributed by atoms with van der Waals surface area (Å²) in [5.41, 5.74) is 27.7. The highest BCUT2D eigenvalue weighted by atomic mass is 127. The first kappa shape index (κ1) is 52.9. The molecule has 2 saturated heterocycles. The van der Waals surface area contributed by atoms with Gasteiger partial charge in [0.2, 0.25) is 11.8 Å². The maximum absolute atomic E-state index is 13.2. The Hall–Kier alpha value is -6.95. The Kier molecular flexibility index (Phi) is 19.4. The first-order valence-electron chi connectivity index (χ1n) is 24.0. The van der Waals surface area contributed by atoms with Gasteiger partial charge in [-0.1, -0.05) is 116 Å². The summed E-state index contributed by atoms with van der Waals surface area (Å²) >= 11 is 2.27. The number of nitrogens with one attached hydrogen (secondary N) is 1. The molecular formula is C58H62IN7O6. The number of nitrogen functional groups attached to an aromatic ring is 2. The summed E-state index contributed by atoms with van der Waals surface area (Å²) in [5, 5.41) is 2.77. The van der Waals surface area contributed by atoms with Gasteiger partial charge in [-0.05, 0) is 104 Å². The molecule has 0 spiro atoms. The maximum atomic E-state index is 13.2. The quantitative estimate of drug-likeness (QED) is 0.0400. The van der Waals surface area contributed by atoms with E-state index in [1.54, 1.807) is 30.3 Å². The molecule has 3 aliphatic rings. The fraction of sp³-hybridized carbons (Fsp3) is 0.241. The van der Waals surface area contributed by atoms with Gasteiger partial charge in [-0.3, -0.25) is 24.1 Å². The molecule has 6 aromatic rings.